The Morgan fingerprint density at radius 3 is 2.76 bits per heavy atom. The maximum absolute atomic E-state index is 13.6. The number of nitriles is 1. The molecule has 0 saturated heterocycles. The van der Waals surface area contributed by atoms with Crippen molar-refractivity contribution in [3.8, 4) is 6.07 Å². The van der Waals surface area contributed by atoms with E-state index >= 15 is 0 Å². The molecule has 1 fully saturated rings. The van der Waals surface area contributed by atoms with Gasteiger partial charge in [0.1, 0.15) is 11.4 Å². The van der Waals surface area contributed by atoms with E-state index < -0.39 is 11.4 Å². The van der Waals surface area contributed by atoms with E-state index in [9.17, 15) is 14.4 Å². The number of nitrogens with zero attached hydrogens (tertiary/aromatic N) is 1. The van der Waals surface area contributed by atoms with Gasteiger partial charge in [0, 0.05) is 10.6 Å². The van der Waals surface area contributed by atoms with Gasteiger partial charge in [-0.3, -0.25) is 4.79 Å². The molecule has 1 aliphatic carbocycles. The maximum Gasteiger partial charge on any atom is 0.231 e. The smallest absolute Gasteiger partial charge is 0.231 e. The third-order valence-electron chi connectivity index (χ3n) is 3.61. The van der Waals surface area contributed by atoms with E-state index in [0.29, 0.717) is 23.4 Å². The normalized spacial score (nSPS) is 17.0. The van der Waals surface area contributed by atoms with Gasteiger partial charge in [-0.2, -0.15) is 5.26 Å². The van der Waals surface area contributed by atoms with Gasteiger partial charge in [-0.25, -0.2) is 4.39 Å². The van der Waals surface area contributed by atoms with Gasteiger partial charge >= 0.3 is 0 Å². The van der Waals surface area contributed by atoms with Crippen molar-refractivity contribution in [1.29, 1.82) is 5.26 Å². The summed E-state index contributed by atoms with van der Waals surface area (Å²) in [5.41, 5.74) is 5.09. The first-order valence-corrected chi connectivity index (χ1v) is 7.93. The molecule has 6 heteroatoms. The van der Waals surface area contributed by atoms with Crippen molar-refractivity contribution in [2.75, 3.05) is 11.5 Å². The molecule has 0 aliphatic heterocycles. The number of anilines is 1. The van der Waals surface area contributed by atoms with Crippen LogP contribution in [0.4, 0.5) is 10.1 Å². The lowest BCUT2D eigenvalue weighted by atomic mass is 9.83. The Bertz CT molecular complexity index is 565. The molecule has 0 bridgehead atoms. The summed E-state index contributed by atoms with van der Waals surface area (Å²) >= 11 is 1.11. The number of hydrogen-bond donors (Lipinski definition) is 2. The summed E-state index contributed by atoms with van der Waals surface area (Å²) in [6, 6.07) is 6.63. The summed E-state index contributed by atoms with van der Waals surface area (Å²) in [5, 5.41) is 12.1. The van der Waals surface area contributed by atoms with Gasteiger partial charge in [0.2, 0.25) is 5.91 Å². The second-order valence-corrected chi connectivity index (χ2v) is 6.30. The molecule has 0 unspecified atom stereocenters. The minimum absolute atomic E-state index is 0.0876. The Morgan fingerprint density at radius 1 is 1.43 bits per heavy atom. The van der Waals surface area contributed by atoms with Crippen LogP contribution in [0.3, 0.4) is 0 Å². The van der Waals surface area contributed by atoms with Crippen molar-refractivity contribution in [1.82, 2.24) is 5.32 Å². The molecule has 2 rings (SSSR count). The Balaban J connectivity index is 1.91. The lowest BCUT2D eigenvalue weighted by Gasteiger charge is -2.31. The Kier molecular flexibility index (Phi) is 5.07. The van der Waals surface area contributed by atoms with E-state index in [0.717, 1.165) is 31.0 Å². The highest BCUT2D eigenvalue weighted by molar-refractivity contribution is 8.00. The summed E-state index contributed by atoms with van der Waals surface area (Å²) in [6.45, 7) is 0. The highest BCUT2D eigenvalue weighted by Crippen LogP contribution is 2.28. The quantitative estimate of drug-likeness (QED) is 0.662. The molecule has 0 heterocycles. The number of nitrogens with one attached hydrogen (secondary N) is 1. The van der Waals surface area contributed by atoms with Crippen LogP contribution in [0.5, 0.6) is 0 Å². The van der Waals surface area contributed by atoms with E-state index in [2.05, 4.69) is 11.4 Å². The monoisotopic (exact) mass is 307 g/mol. The van der Waals surface area contributed by atoms with Crippen LogP contribution in [0.25, 0.3) is 0 Å². The molecular weight excluding hydrogens is 289 g/mol. The number of halogens is 1. The second kappa shape index (κ2) is 6.81. The molecule has 21 heavy (non-hydrogen) atoms. The molecule has 0 spiro atoms. The van der Waals surface area contributed by atoms with Gasteiger partial charge in [0.25, 0.3) is 0 Å². The van der Waals surface area contributed by atoms with E-state index in [1.165, 1.54) is 6.07 Å². The van der Waals surface area contributed by atoms with Gasteiger partial charge in [0.05, 0.1) is 11.8 Å². The summed E-state index contributed by atoms with van der Waals surface area (Å²) in [6.07, 6.45) is 4.39. The molecule has 0 atom stereocenters. The number of carbonyl (C=O) groups excluding carboxylic acids is 1. The zero-order chi connectivity index (χ0) is 15.3. The minimum atomic E-state index is -0.741. The van der Waals surface area contributed by atoms with Crippen LogP contribution < -0.4 is 11.1 Å². The molecule has 112 valence electrons. The zero-order valence-electron chi connectivity index (χ0n) is 11.7. The third kappa shape index (κ3) is 4.11. The predicted molar refractivity (Wildman–Crippen MR) is 81.1 cm³/mol. The highest BCUT2D eigenvalue weighted by atomic mass is 32.2. The average molecular weight is 307 g/mol. The van der Waals surface area contributed by atoms with Crippen molar-refractivity contribution in [2.24, 2.45) is 0 Å². The van der Waals surface area contributed by atoms with Crippen LogP contribution in [0, 0.1) is 17.1 Å². The number of nitrogens with two attached hydrogens (primary N) is 1. The summed E-state index contributed by atoms with van der Waals surface area (Å²) in [7, 11) is 0. The fourth-order valence-corrected chi connectivity index (χ4v) is 3.22. The summed E-state index contributed by atoms with van der Waals surface area (Å²) in [4.78, 5) is 12.4. The lowest BCUT2D eigenvalue weighted by Crippen LogP contribution is -2.49. The Labute approximate surface area is 127 Å². The largest absolute Gasteiger partial charge is 0.399 e. The highest BCUT2D eigenvalue weighted by Gasteiger charge is 2.33. The molecule has 0 radical (unpaired) electrons. The Hall–Kier alpha value is -1.74. The second-order valence-electron chi connectivity index (χ2n) is 5.28. The van der Waals surface area contributed by atoms with Crippen LogP contribution in [-0.4, -0.2) is 17.2 Å². The van der Waals surface area contributed by atoms with E-state index in [1.807, 2.05) is 0 Å². The minimum Gasteiger partial charge on any atom is -0.399 e. The van der Waals surface area contributed by atoms with Gasteiger partial charge < -0.3 is 11.1 Å². The van der Waals surface area contributed by atoms with E-state index in [-0.39, 0.29) is 11.7 Å². The number of amides is 1. The maximum atomic E-state index is 13.6. The molecule has 1 aromatic rings. The SMILES string of the molecule is N#CC1(NC(=O)CSc2ccc(N)cc2F)CCCCC1. The number of thioether (sulfide) groups is 1. The fraction of sp³-hybridized carbons (Fsp3) is 0.467. The van der Waals surface area contributed by atoms with Crippen molar-refractivity contribution < 1.29 is 9.18 Å². The first-order chi connectivity index (χ1) is 10.0. The van der Waals surface area contributed by atoms with Crippen LogP contribution in [0.1, 0.15) is 32.1 Å². The number of benzene rings is 1. The van der Waals surface area contributed by atoms with Gasteiger partial charge in [-0.1, -0.05) is 19.3 Å². The molecule has 1 aliphatic rings. The molecule has 0 aromatic heterocycles. The van der Waals surface area contributed by atoms with Crippen LogP contribution in [-0.2, 0) is 4.79 Å². The van der Waals surface area contributed by atoms with Gasteiger partial charge in [0.15, 0.2) is 0 Å². The molecule has 1 saturated carbocycles. The summed E-state index contributed by atoms with van der Waals surface area (Å²) in [5.74, 6) is -0.579. The van der Waals surface area contributed by atoms with Crippen molar-refractivity contribution in [3.63, 3.8) is 0 Å². The molecule has 1 amide bonds. The molecular formula is C15H18FN3OS. The number of nitrogen functional groups attached to an aromatic ring is 1. The first kappa shape index (κ1) is 15.6. The molecule has 1 aromatic carbocycles. The van der Waals surface area contributed by atoms with E-state index in [4.69, 9.17) is 5.73 Å². The Morgan fingerprint density at radius 2 is 2.14 bits per heavy atom. The van der Waals surface area contributed by atoms with E-state index in [1.54, 1.807) is 12.1 Å². The van der Waals surface area contributed by atoms with Gasteiger partial charge in [-0.05, 0) is 31.0 Å². The number of carbonyl (C=O) groups is 1. The average Bonchev–Trinajstić information content (AvgIpc) is 2.47. The number of hydrogen-bond acceptors (Lipinski definition) is 4. The topological polar surface area (TPSA) is 78.9 Å². The lowest BCUT2D eigenvalue weighted by molar-refractivity contribution is -0.120. The van der Waals surface area contributed by atoms with Crippen molar-refractivity contribution in [3.05, 3.63) is 24.0 Å². The molecule has 4 nitrogen and oxygen atoms in total. The predicted octanol–water partition coefficient (Wildman–Crippen LogP) is 2.84. The third-order valence-corrected chi connectivity index (χ3v) is 4.66. The number of rotatable bonds is 4. The van der Waals surface area contributed by atoms with Crippen LogP contribution in [0.2, 0.25) is 0 Å². The first-order valence-electron chi connectivity index (χ1n) is 6.95. The summed E-state index contributed by atoms with van der Waals surface area (Å²) < 4.78 is 13.6. The standard InChI is InChI=1S/C15H18FN3OS/c16-12-8-11(18)4-5-13(12)21-9-14(20)19-15(10-17)6-2-1-3-7-15/h4-5,8H,1-3,6-7,9,18H2,(H,19,20). The van der Waals surface area contributed by atoms with Crippen molar-refractivity contribution in [2.45, 2.75) is 42.5 Å². The van der Waals surface area contributed by atoms with Crippen LogP contribution >= 0.6 is 11.8 Å². The fourth-order valence-electron chi connectivity index (χ4n) is 2.50. The van der Waals surface area contributed by atoms with Gasteiger partial charge in [-0.15, -0.1) is 11.8 Å². The zero-order valence-corrected chi connectivity index (χ0v) is 12.5. The van der Waals surface area contributed by atoms with Crippen molar-refractivity contribution >= 4 is 23.4 Å². The molecule has 3 N–H and O–H groups in total. The van der Waals surface area contributed by atoms with Crippen LogP contribution in [0.15, 0.2) is 23.1 Å².